The van der Waals surface area contributed by atoms with Crippen molar-refractivity contribution in [3.63, 3.8) is 0 Å². The van der Waals surface area contributed by atoms with Gasteiger partial charge < -0.3 is 9.42 Å². The summed E-state index contributed by atoms with van der Waals surface area (Å²) in [4.78, 5) is 18.9. The van der Waals surface area contributed by atoms with E-state index in [0.29, 0.717) is 36.1 Å². The molecule has 3 aromatic rings. The van der Waals surface area contributed by atoms with Crippen LogP contribution in [0.3, 0.4) is 0 Å². The van der Waals surface area contributed by atoms with Crippen LogP contribution in [0.25, 0.3) is 11.4 Å². The lowest BCUT2D eigenvalue weighted by Crippen LogP contribution is -2.27. The van der Waals surface area contributed by atoms with Gasteiger partial charge in [0.25, 0.3) is 0 Å². The minimum atomic E-state index is -0.189. The van der Waals surface area contributed by atoms with Crippen LogP contribution < -0.4 is 0 Å². The number of hydrogen-bond acceptors (Lipinski definition) is 4. The third kappa shape index (κ3) is 3.60. The quantitative estimate of drug-likeness (QED) is 0.646. The Balaban J connectivity index is 1.60. The zero-order valence-corrected chi connectivity index (χ0v) is 16.0. The summed E-state index contributed by atoms with van der Waals surface area (Å²) in [7, 11) is 0. The molecule has 0 radical (unpaired) electrons. The van der Waals surface area contributed by atoms with Gasteiger partial charge in [-0.05, 0) is 55.7 Å². The van der Waals surface area contributed by atoms with Crippen LogP contribution >= 0.6 is 11.6 Å². The number of aromatic nitrogens is 2. The Labute approximate surface area is 163 Å². The largest absolute Gasteiger partial charge is 0.337 e. The first kappa shape index (κ1) is 17.7. The molecule has 1 unspecified atom stereocenters. The van der Waals surface area contributed by atoms with Crippen molar-refractivity contribution in [1.29, 1.82) is 0 Å². The van der Waals surface area contributed by atoms with E-state index >= 15 is 0 Å². The van der Waals surface area contributed by atoms with Crippen molar-refractivity contribution in [2.75, 3.05) is 0 Å². The first-order valence-corrected chi connectivity index (χ1v) is 9.34. The van der Waals surface area contributed by atoms with Crippen LogP contribution in [0.4, 0.5) is 0 Å². The maximum Gasteiger partial charge on any atom is 0.249 e. The van der Waals surface area contributed by atoms with Crippen LogP contribution in [0.15, 0.2) is 47.0 Å². The number of hydrogen-bond donors (Lipinski definition) is 0. The molecule has 2 aromatic carbocycles. The van der Waals surface area contributed by atoms with Gasteiger partial charge in [0, 0.05) is 23.6 Å². The third-order valence-electron chi connectivity index (χ3n) is 5.00. The van der Waals surface area contributed by atoms with Gasteiger partial charge in [0.2, 0.25) is 17.6 Å². The first-order valence-electron chi connectivity index (χ1n) is 8.96. The number of carbonyl (C=O) groups excluding carboxylic acids is 1. The molecule has 5 nitrogen and oxygen atoms in total. The van der Waals surface area contributed by atoms with E-state index in [1.807, 2.05) is 17.0 Å². The summed E-state index contributed by atoms with van der Waals surface area (Å²) in [5.41, 5.74) is 4.33. The zero-order chi connectivity index (χ0) is 19.0. The van der Waals surface area contributed by atoms with E-state index in [-0.39, 0.29) is 11.9 Å². The van der Waals surface area contributed by atoms with Crippen molar-refractivity contribution in [1.82, 2.24) is 15.0 Å². The summed E-state index contributed by atoms with van der Waals surface area (Å²) in [6.07, 6.45) is 1.18. The number of rotatable bonds is 4. The monoisotopic (exact) mass is 381 g/mol. The van der Waals surface area contributed by atoms with Crippen LogP contribution in [0.5, 0.6) is 0 Å². The highest BCUT2D eigenvalue weighted by molar-refractivity contribution is 6.30. The van der Waals surface area contributed by atoms with Gasteiger partial charge in [-0.3, -0.25) is 4.79 Å². The Bertz CT molecular complexity index is 981. The molecule has 0 spiro atoms. The molecule has 1 aliphatic rings. The van der Waals surface area contributed by atoms with Crippen molar-refractivity contribution in [2.45, 2.75) is 39.3 Å². The second-order valence-electron chi connectivity index (χ2n) is 6.97. The Morgan fingerprint density at radius 2 is 1.96 bits per heavy atom. The normalized spacial score (nSPS) is 16.9. The zero-order valence-electron chi connectivity index (χ0n) is 15.3. The summed E-state index contributed by atoms with van der Waals surface area (Å²) < 4.78 is 5.52. The highest BCUT2D eigenvalue weighted by atomic mass is 35.5. The molecule has 1 aliphatic heterocycles. The van der Waals surface area contributed by atoms with Crippen molar-refractivity contribution >= 4 is 17.5 Å². The summed E-state index contributed by atoms with van der Waals surface area (Å²) in [6, 6.07) is 13.4. The van der Waals surface area contributed by atoms with Gasteiger partial charge in [-0.1, -0.05) is 40.5 Å². The van der Waals surface area contributed by atoms with Gasteiger partial charge in [0.05, 0.1) is 0 Å². The molecule has 0 saturated carbocycles. The van der Waals surface area contributed by atoms with Gasteiger partial charge in [-0.2, -0.15) is 4.98 Å². The van der Waals surface area contributed by atoms with Crippen LogP contribution in [-0.4, -0.2) is 20.9 Å². The highest BCUT2D eigenvalue weighted by Crippen LogP contribution is 2.34. The molecule has 0 bridgehead atoms. The van der Waals surface area contributed by atoms with Crippen molar-refractivity contribution in [3.8, 4) is 11.4 Å². The average molecular weight is 382 g/mol. The van der Waals surface area contributed by atoms with Crippen molar-refractivity contribution in [3.05, 3.63) is 70.1 Å². The Morgan fingerprint density at radius 1 is 1.19 bits per heavy atom. The molecule has 0 N–H and O–H groups in total. The van der Waals surface area contributed by atoms with E-state index in [1.165, 1.54) is 11.1 Å². The summed E-state index contributed by atoms with van der Waals surface area (Å²) in [6.45, 7) is 4.67. The van der Waals surface area contributed by atoms with Crippen LogP contribution in [0, 0.1) is 13.8 Å². The lowest BCUT2D eigenvalue weighted by Gasteiger charge is -2.23. The number of likely N-dealkylation sites (tertiary alicyclic amines) is 1. The van der Waals surface area contributed by atoms with E-state index < -0.39 is 0 Å². The second-order valence-corrected chi connectivity index (χ2v) is 7.41. The van der Waals surface area contributed by atoms with Crippen molar-refractivity contribution < 1.29 is 9.32 Å². The number of nitrogens with zero attached hydrogens (tertiary/aromatic N) is 3. The summed E-state index contributed by atoms with van der Waals surface area (Å²) in [5, 5.41) is 4.75. The minimum Gasteiger partial charge on any atom is -0.337 e. The van der Waals surface area contributed by atoms with Gasteiger partial charge in [0.15, 0.2) is 0 Å². The predicted octanol–water partition coefficient (Wildman–Crippen LogP) is 4.87. The van der Waals surface area contributed by atoms with Crippen LogP contribution in [-0.2, 0) is 11.3 Å². The Kier molecular flexibility index (Phi) is 4.70. The summed E-state index contributed by atoms with van der Waals surface area (Å²) in [5.74, 6) is 1.11. The Morgan fingerprint density at radius 3 is 2.74 bits per heavy atom. The molecule has 2 heterocycles. The number of benzene rings is 2. The van der Waals surface area contributed by atoms with E-state index in [9.17, 15) is 4.79 Å². The molecule has 1 saturated heterocycles. The molecular weight excluding hydrogens is 362 g/mol. The number of aryl methyl sites for hydroxylation is 2. The van der Waals surface area contributed by atoms with Gasteiger partial charge in [-0.25, -0.2) is 0 Å². The van der Waals surface area contributed by atoms with E-state index in [1.54, 1.807) is 12.1 Å². The molecule has 0 aliphatic carbocycles. The Hall–Kier alpha value is -2.66. The molecule has 27 heavy (non-hydrogen) atoms. The van der Waals surface area contributed by atoms with E-state index in [4.69, 9.17) is 16.1 Å². The first-order chi connectivity index (χ1) is 13.0. The predicted molar refractivity (Wildman–Crippen MR) is 103 cm³/mol. The van der Waals surface area contributed by atoms with Gasteiger partial charge in [-0.15, -0.1) is 0 Å². The second kappa shape index (κ2) is 7.16. The SMILES string of the molecule is Cc1ccc(C)c(CN2C(=O)CCC2c2nc(-c3ccc(Cl)cc3)no2)c1. The molecule has 6 heteroatoms. The average Bonchev–Trinajstić information content (AvgIpc) is 3.26. The lowest BCUT2D eigenvalue weighted by atomic mass is 10.0. The van der Waals surface area contributed by atoms with Crippen molar-refractivity contribution in [2.24, 2.45) is 0 Å². The molecule has 1 fully saturated rings. The van der Waals surface area contributed by atoms with Gasteiger partial charge >= 0.3 is 0 Å². The molecule has 4 rings (SSSR count). The lowest BCUT2D eigenvalue weighted by molar-refractivity contribution is -0.130. The standard InChI is InChI=1S/C21H20ClN3O2/c1-13-3-4-14(2)16(11-13)12-25-18(9-10-19(25)26)21-23-20(24-27-21)15-5-7-17(22)8-6-15/h3-8,11,18H,9-10,12H2,1-2H3. The summed E-state index contributed by atoms with van der Waals surface area (Å²) >= 11 is 5.94. The van der Waals surface area contributed by atoms with Gasteiger partial charge in [0.1, 0.15) is 6.04 Å². The molecule has 138 valence electrons. The molecule has 1 aromatic heterocycles. The van der Waals surface area contributed by atoms with Crippen LogP contribution in [0.2, 0.25) is 5.02 Å². The van der Waals surface area contributed by atoms with Crippen LogP contribution in [0.1, 0.15) is 41.5 Å². The minimum absolute atomic E-state index is 0.118. The maximum absolute atomic E-state index is 12.5. The number of halogens is 1. The molecule has 1 atom stereocenters. The number of carbonyl (C=O) groups is 1. The molecular formula is C21H20ClN3O2. The highest BCUT2D eigenvalue weighted by Gasteiger charge is 2.36. The fourth-order valence-electron chi connectivity index (χ4n) is 3.43. The van der Waals surface area contributed by atoms with E-state index in [2.05, 4.69) is 42.2 Å². The maximum atomic E-state index is 12.5. The fraction of sp³-hybridized carbons (Fsp3) is 0.286. The third-order valence-corrected chi connectivity index (χ3v) is 5.25. The fourth-order valence-corrected chi connectivity index (χ4v) is 3.56. The van der Waals surface area contributed by atoms with E-state index in [0.717, 1.165) is 11.1 Å². The number of amides is 1. The smallest absolute Gasteiger partial charge is 0.249 e. The topological polar surface area (TPSA) is 59.2 Å². The molecule has 1 amide bonds.